The molecule has 0 amide bonds. The Bertz CT molecular complexity index is 579. The van der Waals surface area contributed by atoms with Crippen molar-refractivity contribution in [2.75, 3.05) is 26.8 Å². The van der Waals surface area contributed by atoms with E-state index in [4.69, 9.17) is 10.5 Å². The number of ether oxygens (including phenoxy) is 1. The Hall–Kier alpha value is -0.950. The van der Waals surface area contributed by atoms with Gasteiger partial charge in [-0.15, -0.1) is 0 Å². The third kappa shape index (κ3) is 3.63. The molecule has 1 heterocycles. The van der Waals surface area contributed by atoms with Crippen LogP contribution in [0.4, 0.5) is 0 Å². The molecule has 1 aliphatic heterocycles. The molecule has 1 aromatic carbocycles. The van der Waals surface area contributed by atoms with Crippen molar-refractivity contribution in [3.05, 3.63) is 29.3 Å². The molecule has 5 nitrogen and oxygen atoms in total. The van der Waals surface area contributed by atoms with Crippen molar-refractivity contribution >= 4 is 10.0 Å². The third-order valence-corrected chi connectivity index (χ3v) is 6.05. The zero-order valence-electron chi connectivity index (χ0n) is 12.7. The average Bonchev–Trinajstić information content (AvgIpc) is 2.48. The summed E-state index contributed by atoms with van der Waals surface area (Å²) < 4.78 is 32.1. The van der Waals surface area contributed by atoms with Crippen molar-refractivity contribution in [1.29, 1.82) is 0 Å². The summed E-state index contributed by atoms with van der Waals surface area (Å²) in [5.41, 5.74) is 7.57. The molecular formula is C15H24N2O3S. The first kappa shape index (κ1) is 16.4. The lowest BCUT2D eigenvalue weighted by Crippen LogP contribution is -2.39. The smallest absolute Gasteiger partial charge is 0.243 e. The molecule has 21 heavy (non-hydrogen) atoms. The monoisotopic (exact) mass is 312 g/mol. The minimum Gasteiger partial charge on any atom is -0.384 e. The van der Waals surface area contributed by atoms with E-state index < -0.39 is 10.0 Å². The van der Waals surface area contributed by atoms with Crippen molar-refractivity contribution in [2.24, 2.45) is 11.7 Å². The van der Waals surface area contributed by atoms with Gasteiger partial charge >= 0.3 is 0 Å². The summed E-state index contributed by atoms with van der Waals surface area (Å²) in [4.78, 5) is 0.346. The van der Waals surface area contributed by atoms with Crippen LogP contribution in [0.5, 0.6) is 0 Å². The topological polar surface area (TPSA) is 72.6 Å². The molecule has 0 atom stereocenters. The maximum Gasteiger partial charge on any atom is 0.243 e. The number of aryl methyl sites for hydroxylation is 1. The Labute approximate surface area is 127 Å². The van der Waals surface area contributed by atoms with Crippen LogP contribution in [0.25, 0.3) is 0 Å². The second-order valence-electron chi connectivity index (χ2n) is 5.60. The highest BCUT2D eigenvalue weighted by atomic mass is 32.2. The normalized spacial score (nSPS) is 18.0. The molecule has 2 rings (SSSR count). The van der Waals surface area contributed by atoms with Gasteiger partial charge in [-0.2, -0.15) is 4.31 Å². The van der Waals surface area contributed by atoms with Gasteiger partial charge in [-0.25, -0.2) is 8.42 Å². The van der Waals surface area contributed by atoms with E-state index in [1.54, 1.807) is 23.5 Å². The van der Waals surface area contributed by atoms with Crippen molar-refractivity contribution in [2.45, 2.75) is 31.2 Å². The predicted molar refractivity (Wildman–Crippen MR) is 82.4 cm³/mol. The zero-order valence-corrected chi connectivity index (χ0v) is 13.5. The summed E-state index contributed by atoms with van der Waals surface area (Å²) >= 11 is 0. The lowest BCUT2D eigenvalue weighted by Gasteiger charge is -2.31. The first-order chi connectivity index (χ1) is 9.98. The molecule has 0 spiro atoms. The first-order valence-electron chi connectivity index (χ1n) is 7.27. The highest BCUT2D eigenvalue weighted by molar-refractivity contribution is 7.89. The molecule has 1 aromatic rings. The van der Waals surface area contributed by atoms with Crippen LogP contribution in [0.1, 0.15) is 24.0 Å². The van der Waals surface area contributed by atoms with E-state index in [1.807, 2.05) is 13.0 Å². The molecule has 118 valence electrons. The van der Waals surface area contributed by atoms with Crippen molar-refractivity contribution in [3.8, 4) is 0 Å². The molecule has 6 heteroatoms. The fraction of sp³-hybridized carbons (Fsp3) is 0.600. The number of nitrogens with two attached hydrogens (primary N) is 1. The Kier molecular flexibility index (Phi) is 5.37. The maximum absolute atomic E-state index is 12.7. The van der Waals surface area contributed by atoms with Gasteiger partial charge in [-0.1, -0.05) is 6.07 Å². The molecule has 2 N–H and O–H groups in total. The highest BCUT2D eigenvalue weighted by Gasteiger charge is 2.29. The Morgan fingerprint density at radius 3 is 2.57 bits per heavy atom. The van der Waals surface area contributed by atoms with Gasteiger partial charge in [0.25, 0.3) is 0 Å². The lowest BCUT2D eigenvalue weighted by atomic mass is 9.99. The van der Waals surface area contributed by atoms with E-state index in [1.165, 1.54) is 0 Å². The maximum atomic E-state index is 12.7. The summed E-state index contributed by atoms with van der Waals surface area (Å²) in [6.07, 6.45) is 1.70. The number of nitrogens with zero attached hydrogens (tertiary/aromatic N) is 1. The number of hydrogen-bond acceptors (Lipinski definition) is 4. The second-order valence-corrected chi connectivity index (χ2v) is 7.53. The SMILES string of the molecule is COCC1CCN(S(=O)(=O)c2ccc(C)c(CN)c2)CC1. The van der Waals surface area contributed by atoms with Crippen LogP contribution in [-0.2, 0) is 21.3 Å². The fourth-order valence-electron chi connectivity index (χ4n) is 2.73. The number of piperidine rings is 1. The van der Waals surface area contributed by atoms with E-state index in [9.17, 15) is 8.42 Å². The van der Waals surface area contributed by atoms with Crippen LogP contribution in [0.2, 0.25) is 0 Å². The molecule has 1 fully saturated rings. The van der Waals surface area contributed by atoms with Gasteiger partial charge in [0.15, 0.2) is 0 Å². The van der Waals surface area contributed by atoms with Gasteiger partial charge in [0.2, 0.25) is 10.0 Å². The quantitative estimate of drug-likeness (QED) is 0.894. The van der Waals surface area contributed by atoms with Crippen LogP contribution >= 0.6 is 0 Å². The summed E-state index contributed by atoms with van der Waals surface area (Å²) in [5, 5.41) is 0. The lowest BCUT2D eigenvalue weighted by molar-refractivity contribution is 0.121. The van der Waals surface area contributed by atoms with Crippen molar-refractivity contribution in [3.63, 3.8) is 0 Å². The molecular weight excluding hydrogens is 288 g/mol. The summed E-state index contributed by atoms with van der Waals surface area (Å²) in [6.45, 7) is 4.11. The molecule has 0 saturated carbocycles. The van der Waals surface area contributed by atoms with Crippen LogP contribution in [0.15, 0.2) is 23.1 Å². The van der Waals surface area contributed by atoms with Crippen LogP contribution in [0.3, 0.4) is 0 Å². The summed E-state index contributed by atoms with van der Waals surface area (Å²) in [5.74, 6) is 0.457. The number of hydrogen-bond donors (Lipinski definition) is 1. The highest BCUT2D eigenvalue weighted by Crippen LogP contribution is 2.25. The van der Waals surface area contributed by atoms with E-state index in [0.29, 0.717) is 37.1 Å². The van der Waals surface area contributed by atoms with Gasteiger partial charge in [-0.3, -0.25) is 0 Å². The minimum absolute atomic E-state index is 0.346. The molecule has 0 aliphatic carbocycles. The summed E-state index contributed by atoms with van der Waals surface area (Å²) in [7, 11) is -1.73. The molecule has 0 unspecified atom stereocenters. The van der Waals surface area contributed by atoms with Gasteiger partial charge < -0.3 is 10.5 Å². The van der Waals surface area contributed by atoms with Gasteiger partial charge in [0, 0.05) is 33.4 Å². The van der Waals surface area contributed by atoms with E-state index >= 15 is 0 Å². The van der Waals surface area contributed by atoms with Gasteiger partial charge in [0.1, 0.15) is 0 Å². The number of sulfonamides is 1. The molecule has 0 aromatic heterocycles. The van der Waals surface area contributed by atoms with Gasteiger partial charge in [-0.05, 0) is 48.9 Å². The van der Waals surface area contributed by atoms with Crippen LogP contribution in [-0.4, -0.2) is 39.5 Å². The van der Waals surface area contributed by atoms with E-state index in [0.717, 1.165) is 24.0 Å². The largest absolute Gasteiger partial charge is 0.384 e. The number of benzene rings is 1. The van der Waals surface area contributed by atoms with Crippen molar-refractivity contribution < 1.29 is 13.2 Å². The molecule has 1 saturated heterocycles. The first-order valence-corrected chi connectivity index (χ1v) is 8.71. The van der Waals surface area contributed by atoms with E-state index in [-0.39, 0.29) is 0 Å². The predicted octanol–water partition coefficient (Wildman–Crippen LogP) is 1.50. The zero-order chi connectivity index (χ0) is 15.5. The van der Waals surface area contributed by atoms with Crippen LogP contribution < -0.4 is 5.73 Å². The average molecular weight is 312 g/mol. The standard InChI is InChI=1S/C15H24N2O3S/c1-12-3-4-15(9-14(12)10-16)21(18,19)17-7-5-13(6-8-17)11-20-2/h3-4,9,13H,5-8,10-11,16H2,1-2H3. The van der Waals surface area contributed by atoms with Crippen LogP contribution in [0, 0.1) is 12.8 Å². The number of rotatable bonds is 5. The summed E-state index contributed by atoms with van der Waals surface area (Å²) in [6, 6.07) is 5.20. The second kappa shape index (κ2) is 6.87. The van der Waals surface area contributed by atoms with E-state index in [2.05, 4.69) is 0 Å². The number of methoxy groups -OCH3 is 1. The fourth-order valence-corrected chi connectivity index (χ4v) is 4.25. The minimum atomic E-state index is -3.41. The third-order valence-electron chi connectivity index (χ3n) is 4.15. The molecule has 0 radical (unpaired) electrons. The van der Waals surface area contributed by atoms with Crippen molar-refractivity contribution in [1.82, 2.24) is 4.31 Å². The molecule has 1 aliphatic rings. The molecule has 0 bridgehead atoms. The Morgan fingerprint density at radius 2 is 2.00 bits per heavy atom. The Morgan fingerprint density at radius 1 is 1.33 bits per heavy atom. The van der Waals surface area contributed by atoms with Gasteiger partial charge in [0.05, 0.1) is 4.90 Å². The Balaban J connectivity index is 2.15.